The quantitative estimate of drug-likeness (QED) is 0.845. The molecular weight excluding hydrogens is 358 g/mol. The van der Waals surface area contributed by atoms with E-state index in [-0.39, 0.29) is 19.1 Å². The van der Waals surface area contributed by atoms with E-state index in [2.05, 4.69) is 21.2 Å². The first-order valence-electron chi connectivity index (χ1n) is 6.16. The van der Waals surface area contributed by atoms with Crippen LogP contribution in [0.5, 0.6) is 5.75 Å². The summed E-state index contributed by atoms with van der Waals surface area (Å²) in [5.74, 6) is 0.170. The lowest BCUT2D eigenvalue weighted by atomic mass is 10.2. The molecule has 110 valence electrons. The number of para-hydroxylation sites is 1. The summed E-state index contributed by atoms with van der Waals surface area (Å²) in [6, 6.07) is 12.1. The van der Waals surface area contributed by atoms with Gasteiger partial charge in [-0.3, -0.25) is 4.79 Å². The lowest BCUT2D eigenvalue weighted by molar-refractivity contribution is -0.118. The Morgan fingerprint density at radius 2 is 1.95 bits per heavy atom. The van der Waals surface area contributed by atoms with Crippen LogP contribution in [-0.4, -0.2) is 17.6 Å². The summed E-state index contributed by atoms with van der Waals surface area (Å²) in [7, 11) is 0. The van der Waals surface area contributed by atoms with Crippen LogP contribution in [0.3, 0.4) is 0 Å². The Labute approximate surface area is 135 Å². The number of aliphatic hydroxyl groups excluding tert-OH is 1. The Hall–Kier alpha value is -1.56. The fourth-order valence-corrected chi connectivity index (χ4v) is 2.36. The average Bonchev–Trinajstić information content (AvgIpc) is 2.48. The van der Waals surface area contributed by atoms with Crippen molar-refractivity contribution >= 4 is 39.1 Å². The number of rotatable bonds is 5. The van der Waals surface area contributed by atoms with Crippen LogP contribution < -0.4 is 10.1 Å². The first kappa shape index (κ1) is 15.8. The van der Waals surface area contributed by atoms with Crippen molar-refractivity contribution in [3.63, 3.8) is 0 Å². The van der Waals surface area contributed by atoms with Crippen LogP contribution in [0.2, 0.25) is 5.02 Å². The lowest BCUT2D eigenvalue weighted by Crippen LogP contribution is -2.20. The van der Waals surface area contributed by atoms with Crippen LogP contribution in [0.25, 0.3) is 0 Å². The molecule has 2 aromatic carbocycles. The van der Waals surface area contributed by atoms with Gasteiger partial charge in [0, 0.05) is 16.3 Å². The number of amides is 1. The fourth-order valence-electron chi connectivity index (χ4n) is 1.71. The topological polar surface area (TPSA) is 58.6 Å². The Balaban J connectivity index is 1.97. The summed E-state index contributed by atoms with van der Waals surface area (Å²) in [5.41, 5.74) is 1.26. The highest BCUT2D eigenvalue weighted by atomic mass is 79.9. The Morgan fingerprint density at radius 1 is 1.24 bits per heavy atom. The zero-order valence-electron chi connectivity index (χ0n) is 11.0. The number of nitrogens with one attached hydrogen (secondary N) is 1. The zero-order chi connectivity index (χ0) is 15.2. The van der Waals surface area contributed by atoms with Crippen LogP contribution in [-0.2, 0) is 11.4 Å². The van der Waals surface area contributed by atoms with Gasteiger partial charge in [0.1, 0.15) is 5.75 Å². The predicted octanol–water partition coefficient (Wildman–Crippen LogP) is 3.61. The average molecular weight is 371 g/mol. The van der Waals surface area contributed by atoms with Gasteiger partial charge in [0.25, 0.3) is 5.91 Å². The minimum absolute atomic E-state index is 0.155. The third-order valence-corrected chi connectivity index (χ3v) is 3.57. The third kappa shape index (κ3) is 4.46. The van der Waals surface area contributed by atoms with Gasteiger partial charge in [-0.25, -0.2) is 0 Å². The summed E-state index contributed by atoms with van der Waals surface area (Å²) in [5, 5.41) is 12.6. The standard InChI is InChI=1S/C15H13BrClNO3/c16-13-3-1-2-10(8-19)15(13)21-9-14(20)18-12-6-4-11(17)5-7-12/h1-7,19H,8-9H2,(H,18,20). The third-order valence-electron chi connectivity index (χ3n) is 2.69. The molecule has 0 aromatic heterocycles. The minimum atomic E-state index is -0.294. The number of ether oxygens (including phenoxy) is 1. The first-order valence-corrected chi connectivity index (χ1v) is 7.33. The molecule has 2 aromatic rings. The molecule has 0 spiro atoms. The zero-order valence-corrected chi connectivity index (χ0v) is 13.3. The first-order chi connectivity index (χ1) is 10.1. The number of benzene rings is 2. The number of hydrogen-bond acceptors (Lipinski definition) is 3. The van der Waals surface area contributed by atoms with Crippen LogP contribution in [0.4, 0.5) is 5.69 Å². The second-order valence-corrected chi connectivity index (χ2v) is 5.52. The number of halogens is 2. The minimum Gasteiger partial charge on any atom is -0.482 e. The highest BCUT2D eigenvalue weighted by Crippen LogP contribution is 2.29. The number of hydrogen-bond donors (Lipinski definition) is 2. The van der Waals surface area contributed by atoms with E-state index in [0.717, 1.165) is 0 Å². The van der Waals surface area contributed by atoms with Crippen LogP contribution in [0.1, 0.15) is 5.56 Å². The molecule has 0 aliphatic carbocycles. The summed E-state index contributed by atoms with van der Waals surface area (Å²) in [6.07, 6.45) is 0. The molecule has 0 aliphatic heterocycles. The van der Waals surface area contributed by atoms with Crippen LogP contribution in [0.15, 0.2) is 46.9 Å². The molecule has 0 radical (unpaired) electrons. The van der Waals surface area contributed by atoms with E-state index in [1.54, 1.807) is 42.5 Å². The van der Waals surface area contributed by atoms with E-state index in [1.807, 2.05) is 0 Å². The molecule has 0 bridgehead atoms. The predicted molar refractivity (Wildman–Crippen MR) is 85.6 cm³/mol. The molecule has 0 saturated heterocycles. The van der Waals surface area contributed by atoms with E-state index in [1.165, 1.54) is 0 Å². The monoisotopic (exact) mass is 369 g/mol. The molecule has 0 fully saturated rings. The molecule has 1 amide bonds. The van der Waals surface area contributed by atoms with Gasteiger partial charge in [0.15, 0.2) is 6.61 Å². The summed E-state index contributed by atoms with van der Waals surface area (Å²) in [4.78, 5) is 11.8. The largest absolute Gasteiger partial charge is 0.482 e. The maximum absolute atomic E-state index is 11.8. The molecule has 2 N–H and O–H groups in total. The second kappa shape index (κ2) is 7.45. The molecule has 4 nitrogen and oxygen atoms in total. The molecule has 0 aliphatic rings. The highest BCUT2D eigenvalue weighted by molar-refractivity contribution is 9.10. The molecule has 21 heavy (non-hydrogen) atoms. The number of anilines is 1. The van der Waals surface area contributed by atoms with Crippen molar-refractivity contribution in [3.05, 3.63) is 57.5 Å². The van der Waals surface area contributed by atoms with Crippen molar-refractivity contribution < 1.29 is 14.6 Å². The van der Waals surface area contributed by atoms with Crippen molar-refractivity contribution in [1.29, 1.82) is 0 Å². The number of aliphatic hydroxyl groups is 1. The van der Waals surface area contributed by atoms with Crippen LogP contribution >= 0.6 is 27.5 Å². The van der Waals surface area contributed by atoms with Crippen LogP contribution in [0, 0.1) is 0 Å². The normalized spacial score (nSPS) is 10.2. The van der Waals surface area contributed by atoms with E-state index in [4.69, 9.17) is 16.3 Å². The van der Waals surface area contributed by atoms with Gasteiger partial charge in [-0.1, -0.05) is 23.7 Å². The maximum atomic E-state index is 11.8. The van der Waals surface area contributed by atoms with Gasteiger partial charge in [-0.2, -0.15) is 0 Å². The fraction of sp³-hybridized carbons (Fsp3) is 0.133. The molecule has 2 rings (SSSR count). The summed E-state index contributed by atoms with van der Waals surface area (Å²) >= 11 is 9.10. The summed E-state index contributed by atoms with van der Waals surface area (Å²) < 4.78 is 6.16. The van der Waals surface area contributed by atoms with E-state index >= 15 is 0 Å². The van der Waals surface area contributed by atoms with Crippen molar-refractivity contribution in [2.75, 3.05) is 11.9 Å². The highest BCUT2D eigenvalue weighted by Gasteiger charge is 2.10. The molecule has 0 heterocycles. The van der Waals surface area contributed by atoms with E-state index in [0.29, 0.717) is 26.5 Å². The van der Waals surface area contributed by atoms with Crippen molar-refractivity contribution in [3.8, 4) is 5.75 Å². The van der Waals surface area contributed by atoms with E-state index in [9.17, 15) is 9.90 Å². The maximum Gasteiger partial charge on any atom is 0.262 e. The van der Waals surface area contributed by atoms with Gasteiger partial charge in [0.2, 0.25) is 0 Å². The Bertz CT molecular complexity index is 631. The Morgan fingerprint density at radius 3 is 2.62 bits per heavy atom. The SMILES string of the molecule is O=C(COc1c(Br)cccc1CO)Nc1ccc(Cl)cc1. The second-order valence-electron chi connectivity index (χ2n) is 4.23. The van der Waals surface area contributed by atoms with Crippen molar-refractivity contribution in [2.24, 2.45) is 0 Å². The molecule has 0 unspecified atom stereocenters. The van der Waals surface area contributed by atoms with Crippen molar-refractivity contribution in [2.45, 2.75) is 6.61 Å². The van der Waals surface area contributed by atoms with E-state index < -0.39 is 0 Å². The molecular formula is C15H13BrClNO3. The van der Waals surface area contributed by atoms with Gasteiger partial charge in [0.05, 0.1) is 11.1 Å². The van der Waals surface area contributed by atoms with Crippen molar-refractivity contribution in [1.82, 2.24) is 0 Å². The molecule has 0 atom stereocenters. The summed E-state index contributed by atoms with van der Waals surface area (Å²) in [6.45, 7) is -0.314. The van der Waals surface area contributed by atoms with Gasteiger partial charge in [-0.15, -0.1) is 0 Å². The van der Waals surface area contributed by atoms with Gasteiger partial charge in [-0.05, 0) is 46.3 Å². The molecule has 0 saturated carbocycles. The lowest BCUT2D eigenvalue weighted by Gasteiger charge is -2.12. The smallest absolute Gasteiger partial charge is 0.262 e. The molecule has 6 heteroatoms. The van der Waals surface area contributed by atoms with Gasteiger partial charge < -0.3 is 15.2 Å². The number of carbonyl (C=O) groups is 1. The Kier molecular flexibility index (Phi) is 5.61. The van der Waals surface area contributed by atoms with Gasteiger partial charge >= 0.3 is 0 Å². The number of carbonyl (C=O) groups excluding carboxylic acids is 1.